The van der Waals surface area contributed by atoms with E-state index in [9.17, 15) is 9.59 Å². The molecule has 1 aromatic carbocycles. The average molecular weight is 399 g/mol. The summed E-state index contributed by atoms with van der Waals surface area (Å²) in [6.45, 7) is 4.28. The Labute approximate surface area is 170 Å². The fraction of sp³-hybridized carbons (Fsp3) is 0.571. The number of amides is 2. The van der Waals surface area contributed by atoms with Gasteiger partial charge < -0.3 is 19.9 Å². The van der Waals surface area contributed by atoms with E-state index in [1.54, 1.807) is 0 Å². The maximum Gasteiger partial charge on any atom is 0.317 e. The summed E-state index contributed by atoms with van der Waals surface area (Å²) in [5.41, 5.74) is 2.07. The van der Waals surface area contributed by atoms with E-state index >= 15 is 0 Å². The van der Waals surface area contributed by atoms with Gasteiger partial charge in [0.05, 0.1) is 29.9 Å². The van der Waals surface area contributed by atoms with E-state index < -0.39 is 5.97 Å². The number of aromatic nitrogens is 2. The Hall–Kier alpha value is -2.61. The van der Waals surface area contributed by atoms with Crippen LogP contribution >= 0.6 is 0 Å². The highest BCUT2D eigenvalue weighted by Crippen LogP contribution is 2.27. The Morgan fingerprint density at radius 3 is 2.86 bits per heavy atom. The summed E-state index contributed by atoms with van der Waals surface area (Å²) in [7, 11) is 0. The third kappa shape index (κ3) is 4.22. The van der Waals surface area contributed by atoms with Crippen molar-refractivity contribution >= 4 is 23.0 Å². The van der Waals surface area contributed by atoms with Gasteiger partial charge in [-0.15, -0.1) is 0 Å². The predicted molar refractivity (Wildman–Crippen MR) is 110 cm³/mol. The van der Waals surface area contributed by atoms with Gasteiger partial charge in [-0.25, -0.2) is 9.78 Å². The van der Waals surface area contributed by atoms with Crippen LogP contribution in [-0.2, 0) is 11.3 Å². The number of nitrogens with one attached hydrogen (secondary N) is 1. The highest BCUT2D eigenvalue weighted by atomic mass is 16.4. The number of carbonyl (C=O) groups excluding carboxylic acids is 1. The molecule has 1 aliphatic heterocycles. The topological polar surface area (TPSA) is 90.7 Å². The number of hydrogen-bond donors (Lipinski definition) is 2. The minimum Gasteiger partial charge on any atom is -0.480 e. The zero-order valence-electron chi connectivity index (χ0n) is 16.8. The van der Waals surface area contributed by atoms with E-state index in [-0.39, 0.29) is 30.7 Å². The van der Waals surface area contributed by atoms with Crippen LogP contribution in [0.4, 0.5) is 4.79 Å². The molecule has 2 heterocycles. The lowest BCUT2D eigenvalue weighted by molar-refractivity contribution is -0.139. The molecular formula is C21H29N5O3. The van der Waals surface area contributed by atoms with Gasteiger partial charge in [0, 0.05) is 25.2 Å². The lowest BCUT2D eigenvalue weighted by Gasteiger charge is -2.43. The predicted octanol–water partition coefficient (Wildman–Crippen LogP) is 2.15. The van der Waals surface area contributed by atoms with Gasteiger partial charge in [-0.3, -0.25) is 9.69 Å². The van der Waals surface area contributed by atoms with Crippen LogP contribution in [-0.4, -0.2) is 74.2 Å². The maximum absolute atomic E-state index is 12.9. The van der Waals surface area contributed by atoms with Gasteiger partial charge in [-0.05, 0) is 44.4 Å². The number of imidazole rings is 1. The van der Waals surface area contributed by atoms with E-state index in [1.165, 1.54) is 0 Å². The lowest BCUT2D eigenvalue weighted by atomic mass is 9.85. The van der Waals surface area contributed by atoms with E-state index in [2.05, 4.69) is 20.9 Å². The second-order valence-corrected chi connectivity index (χ2v) is 8.10. The van der Waals surface area contributed by atoms with Gasteiger partial charge in [-0.2, -0.15) is 0 Å². The van der Waals surface area contributed by atoms with Gasteiger partial charge in [0.2, 0.25) is 0 Å². The fourth-order valence-corrected chi connectivity index (χ4v) is 4.61. The number of hydrogen-bond acceptors (Lipinski definition) is 4. The second kappa shape index (κ2) is 8.41. The number of benzene rings is 1. The van der Waals surface area contributed by atoms with Gasteiger partial charge in [0.15, 0.2) is 0 Å². The third-order valence-electron chi connectivity index (χ3n) is 6.27. The number of rotatable bonds is 7. The average Bonchev–Trinajstić information content (AvgIpc) is 3.30. The quantitative estimate of drug-likeness (QED) is 0.745. The molecule has 0 bridgehead atoms. The van der Waals surface area contributed by atoms with E-state index in [1.807, 2.05) is 41.2 Å². The first kappa shape index (κ1) is 19.7. The molecule has 2 aliphatic rings. The Morgan fingerprint density at radius 2 is 2.10 bits per heavy atom. The second-order valence-electron chi connectivity index (χ2n) is 8.10. The first-order valence-electron chi connectivity index (χ1n) is 10.5. The number of carboxylic acid groups (broad SMARTS) is 1. The number of urea groups is 1. The molecule has 1 unspecified atom stereocenters. The zero-order valence-corrected chi connectivity index (χ0v) is 16.8. The van der Waals surface area contributed by atoms with Crippen molar-refractivity contribution in [3.8, 4) is 0 Å². The molecule has 0 radical (unpaired) electrons. The summed E-state index contributed by atoms with van der Waals surface area (Å²) >= 11 is 0. The smallest absolute Gasteiger partial charge is 0.317 e. The van der Waals surface area contributed by atoms with Gasteiger partial charge >= 0.3 is 12.0 Å². The number of aliphatic carboxylic acids is 1. The first-order valence-corrected chi connectivity index (χ1v) is 10.5. The number of carboxylic acids is 1. The van der Waals surface area contributed by atoms with Crippen LogP contribution in [0.3, 0.4) is 0 Å². The largest absolute Gasteiger partial charge is 0.480 e. The van der Waals surface area contributed by atoms with Crippen LogP contribution in [0, 0.1) is 0 Å². The normalized spacial score (nSPS) is 24.1. The summed E-state index contributed by atoms with van der Waals surface area (Å²) in [6.07, 6.45) is 5.50. The molecular weight excluding hydrogens is 370 g/mol. The van der Waals surface area contributed by atoms with Crippen molar-refractivity contribution in [2.24, 2.45) is 0 Å². The van der Waals surface area contributed by atoms with Crippen LogP contribution in [0.1, 0.15) is 32.6 Å². The Morgan fingerprint density at radius 1 is 1.31 bits per heavy atom. The summed E-state index contributed by atoms with van der Waals surface area (Å²) in [4.78, 5) is 32.2. The van der Waals surface area contributed by atoms with Crippen LogP contribution in [0.2, 0.25) is 0 Å². The summed E-state index contributed by atoms with van der Waals surface area (Å²) in [5.74, 6) is -0.800. The molecule has 1 aliphatic carbocycles. The molecule has 2 N–H and O–H groups in total. The van der Waals surface area contributed by atoms with E-state index in [4.69, 9.17) is 5.11 Å². The summed E-state index contributed by atoms with van der Waals surface area (Å²) in [6, 6.07) is 8.60. The summed E-state index contributed by atoms with van der Waals surface area (Å²) in [5, 5.41) is 12.2. The third-order valence-corrected chi connectivity index (χ3v) is 6.27. The summed E-state index contributed by atoms with van der Waals surface area (Å²) < 4.78 is 2.13. The van der Waals surface area contributed by atoms with Gasteiger partial charge in [-0.1, -0.05) is 19.1 Å². The van der Waals surface area contributed by atoms with Crippen molar-refractivity contribution in [3.05, 3.63) is 30.6 Å². The Balaban J connectivity index is 1.31. The first-order chi connectivity index (χ1) is 14.0. The SMILES string of the molecule is CCN(CC(=O)O)C1CC(NC(=O)N2CCCC2Cn2cnc3ccccc32)C1. The van der Waals surface area contributed by atoms with Crippen LogP contribution < -0.4 is 5.32 Å². The molecule has 1 aromatic heterocycles. The van der Waals surface area contributed by atoms with Gasteiger partial charge in [0.25, 0.3) is 0 Å². The van der Waals surface area contributed by atoms with Crippen molar-refractivity contribution in [2.45, 2.75) is 57.3 Å². The molecule has 1 saturated heterocycles. The number of nitrogens with zero attached hydrogens (tertiary/aromatic N) is 4. The van der Waals surface area contributed by atoms with Crippen molar-refractivity contribution < 1.29 is 14.7 Å². The molecule has 156 valence electrons. The standard InChI is InChI=1S/C21H29N5O3/c1-2-24(13-20(27)28)17-10-15(11-17)23-21(29)26-9-5-6-16(26)12-25-14-22-18-7-3-4-8-19(18)25/h3-4,7-8,14-17H,2,5-6,9-13H2,1H3,(H,23,29)(H,27,28). The molecule has 2 fully saturated rings. The molecule has 4 rings (SSSR count). The maximum atomic E-state index is 12.9. The minimum atomic E-state index is -0.800. The number of likely N-dealkylation sites (tertiary alicyclic amines) is 1. The molecule has 1 saturated carbocycles. The minimum absolute atomic E-state index is 0.00153. The molecule has 2 aromatic rings. The lowest BCUT2D eigenvalue weighted by Crippen LogP contribution is -2.57. The van der Waals surface area contributed by atoms with Crippen molar-refractivity contribution in [3.63, 3.8) is 0 Å². The highest BCUT2D eigenvalue weighted by molar-refractivity contribution is 5.76. The monoisotopic (exact) mass is 399 g/mol. The number of para-hydroxylation sites is 2. The van der Waals surface area contributed by atoms with Crippen molar-refractivity contribution in [2.75, 3.05) is 19.6 Å². The zero-order chi connectivity index (χ0) is 20.4. The molecule has 8 heteroatoms. The number of carbonyl (C=O) groups is 2. The van der Waals surface area contributed by atoms with Gasteiger partial charge in [0.1, 0.15) is 0 Å². The van der Waals surface area contributed by atoms with Crippen molar-refractivity contribution in [1.29, 1.82) is 0 Å². The molecule has 0 spiro atoms. The Bertz CT molecular complexity index is 876. The molecule has 29 heavy (non-hydrogen) atoms. The van der Waals surface area contributed by atoms with E-state index in [0.29, 0.717) is 6.54 Å². The fourth-order valence-electron chi connectivity index (χ4n) is 4.61. The van der Waals surface area contributed by atoms with Crippen LogP contribution in [0.25, 0.3) is 11.0 Å². The Kier molecular flexibility index (Phi) is 5.71. The van der Waals surface area contributed by atoms with Crippen LogP contribution in [0.15, 0.2) is 30.6 Å². The van der Waals surface area contributed by atoms with Crippen molar-refractivity contribution in [1.82, 2.24) is 24.7 Å². The molecule has 2 amide bonds. The highest BCUT2D eigenvalue weighted by Gasteiger charge is 2.37. The van der Waals surface area contributed by atoms with E-state index in [0.717, 1.165) is 49.8 Å². The number of likely N-dealkylation sites (N-methyl/N-ethyl adjacent to an activating group) is 1. The number of fused-ring (bicyclic) bond motifs is 1. The molecule has 8 nitrogen and oxygen atoms in total. The van der Waals surface area contributed by atoms with Crippen LogP contribution in [0.5, 0.6) is 0 Å². The molecule has 1 atom stereocenters.